The molecule has 134 valence electrons. The number of amides is 1. The number of hydrogen-bond acceptors (Lipinski definition) is 5. The number of pyridine rings is 1. The van der Waals surface area contributed by atoms with Crippen LogP contribution in [0.1, 0.15) is 15.9 Å². The van der Waals surface area contributed by atoms with Crippen LogP contribution < -0.4 is 10.0 Å². The number of nitrogens with one attached hydrogen (secondary N) is 2. The summed E-state index contributed by atoms with van der Waals surface area (Å²) in [5.74, 6) is 0.660. The first-order chi connectivity index (χ1) is 11.9. The molecule has 0 aliphatic rings. The highest BCUT2D eigenvalue weighted by molar-refractivity contribution is 7.97. The van der Waals surface area contributed by atoms with Gasteiger partial charge in [-0.3, -0.25) is 9.78 Å². The maximum absolute atomic E-state index is 12.2. The van der Waals surface area contributed by atoms with Crippen LogP contribution in [0.3, 0.4) is 0 Å². The minimum absolute atomic E-state index is 0.155. The number of nitrogens with zero attached hydrogens (tertiary/aromatic N) is 1. The maximum atomic E-state index is 12.2. The van der Waals surface area contributed by atoms with E-state index in [1.165, 1.54) is 0 Å². The molecule has 1 aromatic carbocycles. The Labute approximate surface area is 152 Å². The number of benzene rings is 1. The molecule has 0 saturated carbocycles. The van der Waals surface area contributed by atoms with Crippen molar-refractivity contribution < 1.29 is 13.2 Å². The molecule has 0 spiro atoms. The molecule has 2 N–H and O–H groups in total. The Balaban J connectivity index is 2.01. The standard InChI is InChI=1S/C17H21N3O3S2/c1-24-12-13-6-7-16(19-11-13)14-4-3-5-15(10-14)17(21)18-8-9-20-25(2,22)23/h3-7,10-11,20H,8-9,12H2,1-2H3,(H,18,21). The summed E-state index contributed by atoms with van der Waals surface area (Å²) < 4.78 is 24.3. The Morgan fingerprint density at radius 1 is 1.20 bits per heavy atom. The summed E-state index contributed by atoms with van der Waals surface area (Å²) >= 11 is 1.74. The van der Waals surface area contributed by atoms with Crippen LogP contribution in [0.15, 0.2) is 42.6 Å². The third-order valence-electron chi connectivity index (χ3n) is 3.33. The summed E-state index contributed by atoms with van der Waals surface area (Å²) in [5.41, 5.74) is 3.33. The third kappa shape index (κ3) is 6.49. The van der Waals surface area contributed by atoms with Crippen molar-refractivity contribution in [2.45, 2.75) is 5.75 Å². The summed E-state index contributed by atoms with van der Waals surface area (Å²) in [5, 5.41) is 2.69. The molecule has 1 aromatic heterocycles. The second kappa shape index (κ2) is 8.98. The van der Waals surface area contributed by atoms with Crippen molar-refractivity contribution in [3.05, 3.63) is 53.7 Å². The van der Waals surface area contributed by atoms with Gasteiger partial charge in [-0.25, -0.2) is 13.1 Å². The number of carbonyl (C=O) groups excluding carboxylic acids is 1. The Kier molecular flexibility index (Phi) is 6.98. The van der Waals surface area contributed by atoms with Gasteiger partial charge in [-0.2, -0.15) is 11.8 Å². The number of carbonyl (C=O) groups is 1. The van der Waals surface area contributed by atoms with Crippen LogP contribution in [0.25, 0.3) is 11.3 Å². The molecule has 0 saturated heterocycles. The molecular formula is C17H21N3O3S2. The van der Waals surface area contributed by atoms with E-state index in [4.69, 9.17) is 0 Å². The lowest BCUT2D eigenvalue weighted by Crippen LogP contribution is -2.34. The van der Waals surface area contributed by atoms with E-state index in [0.717, 1.165) is 28.8 Å². The van der Waals surface area contributed by atoms with E-state index < -0.39 is 10.0 Å². The van der Waals surface area contributed by atoms with Crippen LogP contribution in [-0.2, 0) is 15.8 Å². The molecule has 0 radical (unpaired) electrons. The van der Waals surface area contributed by atoms with Gasteiger partial charge < -0.3 is 5.32 Å². The van der Waals surface area contributed by atoms with Gasteiger partial charge >= 0.3 is 0 Å². The quantitative estimate of drug-likeness (QED) is 0.684. The van der Waals surface area contributed by atoms with Crippen molar-refractivity contribution in [2.24, 2.45) is 0 Å². The summed E-state index contributed by atoms with van der Waals surface area (Å²) in [7, 11) is -3.25. The molecule has 8 heteroatoms. The Morgan fingerprint density at radius 3 is 2.64 bits per heavy atom. The lowest BCUT2D eigenvalue weighted by Gasteiger charge is -2.08. The van der Waals surface area contributed by atoms with Gasteiger partial charge in [-0.15, -0.1) is 0 Å². The van der Waals surface area contributed by atoms with E-state index in [0.29, 0.717) is 5.56 Å². The van der Waals surface area contributed by atoms with Crippen LogP contribution in [0.5, 0.6) is 0 Å². The van der Waals surface area contributed by atoms with Crippen molar-refractivity contribution in [1.29, 1.82) is 0 Å². The van der Waals surface area contributed by atoms with Gasteiger partial charge in [-0.1, -0.05) is 18.2 Å². The molecule has 0 aliphatic carbocycles. The zero-order valence-electron chi connectivity index (χ0n) is 14.2. The molecule has 1 amide bonds. The normalized spacial score (nSPS) is 11.3. The summed E-state index contributed by atoms with van der Waals surface area (Å²) in [4.78, 5) is 16.6. The summed E-state index contributed by atoms with van der Waals surface area (Å²) in [6.45, 7) is 0.375. The first kappa shape index (κ1) is 19.4. The Morgan fingerprint density at radius 2 is 2.00 bits per heavy atom. The van der Waals surface area contributed by atoms with Gasteiger partial charge in [0.05, 0.1) is 11.9 Å². The molecule has 0 bridgehead atoms. The zero-order chi connectivity index (χ0) is 18.3. The highest BCUT2D eigenvalue weighted by atomic mass is 32.2. The van der Waals surface area contributed by atoms with Crippen molar-refractivity contribution in [3.63, 3.8) is 0 Å². The SMILES string of the molecule is CSCc1ccc(-c2cccc(C(=O)NCCNS(C)(=O)=O)c2)nc1. The molecule has 0 fully saturated rings. The smallest absolute Gasteiger partial charge is 0.251 e. The molecule has 1 heterocycles. The van der Waals surface area contributed by atoms with Gasteiger partial charge in [0.25, 0.3) is 5.91 Å². The fraction of sp³-hybridized carbons (Fsp3) is 0.294. The van der Waals surface area contributed by atoms with Crippen LogP contribution in [0.2, 0.25) is 0 Å². The topological polar surface area (TPSA) is 88.2 Å². The van der Waals surface area contributed by atoms with E-state index in [1.807, 2.05) is 30.7 Å². The number of aromatic nitrogens is 1. The molecule has 2 rings (SSSR count). The average Bonchev–Trinajstić information content (AvgIpc) is 2.59. The minimum atomic E-state index is -3.25. The fourth-order valence-electron chi connectivity index (χ4n) is 2.18. The molecule has 0 aliphatic heterocycles. The molecule has 0 atom stereocenters. The summed E-state index contributed by atoms with van der Waals surface area (Å²) in [6.07, 6.45) is 4.96. The largest absolute Gasteiger partial charge is 0.351 e. The van der Waals surface area contributed by atoms with Gasteiger partial charge in [-0.05, 0) is 30.0 Å². The van der Waals surface area contributed by atoms with Gasteiger partial charge in [0.15, 0.2) is 0 Å². The fourth-order valence-corrected chi connectivity index (χ4v) is 3.16. The number of hydrogen-bond donors (Lipinski definition) is 2. The predicted octanol–water partition coefficient (Wildman–Crippen LogP) is 1.89. The van der Waals surface area contributed by atoms with Crippen molar-refractivity contribution >= 4 is 27.7 Å². The van der Waals surface area contributed by atoms with Crippen LogP contribution in [0.4, 0.5) is 0 Å². The van der Waals surface area contributed by atoms with E-state index in [-0.39, 0.29) is 19.0 Å². The summed E-state index contributed by atoms with van der Waals surface area (Å²) in [6, 6.07) is 11.2. The second-order valence-corrected chi connectivity index (χ2v) is 8.19. The van der Waals surface area contributed by atoms with Gasteiger partial charge in [0.1, 0.15) is 0 Å². The lowest BCUT2D eigenvalue weighted by molar-refractivity contribution is 0.0954. The van der Waals surface area contributed by atoms with Crippen LogP contribution in [-0.4, -0.2) is 44.9 Å². The van der Waals surface area contributed by atoms with Crippen LogP contribution >= 0.6 is 11.8 Å². The first-order valence-corrected chi connectivity index (χ1v) is 10.9. The molecular weight excluding hydrogens is 358 g/mol. The lowest BCUT2D eigenvalue weighted by atomic mass is 10.1. The maximum Gasteiger partial charge on any atom is 0.251 e. The van der Waals surface area contributed by atoms with E-state index in [1.54, 1.807) is 30.0 Å². The van der Waals surface area contributed by atoms with E-state index in [9.17, 15) is 13.2 Å². The molecule has 2 aromatic rings. The van der Waals surface area contributed by atoms with Crippen LogP contribution in [0, 0.1) is 0 Å². The van der Waals surface area contributed by atoms with Crippen molar-refractivity contribution in [3.8, 4) is 11.3 Å². The second-order valence-electron chi connectivity index (χ2n) is 5.49. The Bertz CT molecular complexity index is 821. The highest BCUT2D eigenvalue weighted by Crippen LogP contribution is 2.19. The minimum Gasteiger partial charge on any atom is -0.351 e. The molecule has 6 nitrogen and oxygen atoms in total. The van der Waals surface area contributed by atoms with E-state index in [2.05, 4.69) is 15.0 Å². The van der Waals surface area contributed by atoms with Gasteiger partial charge in [0, 0.05) is 36.2 Å². The number of rotatable bonds is 8. The van der Waals surface area contributed by atoms with Crippen molar-refractivity contribution in [2.75, 3.05) is 25.6 Å². The number of thioether (sulfide) groups is 1. The third-order valence-corrected chi connectivity index (χ3v) is 4.68. The zero-order valence-corrected chi connectivity index (χ0v) is 15.8. The first-order valence-electron chi connectivity index (χ1n) is 7.66. The Hall–Kier alpha value is -1.90. The average molecular weight is 380 g/mol. The monoisotopic (exact) mass is 379 g/mol. The number of sulfonamides is 1. The molecule has 25 heavy (non-hydrogen) atoms. The van der Waals surface area contributed by atoms with Crippen molar-refractivity contribution in [1.82, 2.24) is 15.0 Å². The van der Waals surface area contributed by atoms with Gasteiger partial charge in [0.2, 0.25) is 10.0 Å². The highest BCUT2D eigenvalue weighted by Gasteiger charge is 2.08. The molecule has 0 unspecified atom stereocenters. The predicted molar refractivity (Wildman–Crippen MR) is 102 cm³/mol. The van der Waals surface area contributed by atoms with E-state index >= 15 is 0 Å².